The first kappa shape index (κ1) is 17.3. The number of nitrogens with one attached hydrogen (secondary N) is 2. The minimum Gasteiger partial charge on any atom is -0.347 e. The van der Waals surface area contributed by atoms with E-state index in [0.29, 0.717) is 16.2 Å². The van der Waals surface area contributed by atoms with Gasteiger partial charge in [0.1, 0.15) is 5.69 Å². The molecule has 138 valence electrons. The van der Waals surface area contributed by atoms with Gasteiger partial charge in [0.05, 0.1) is 0 Å². The molecule has 8 heteroatoms. The summed E-state index contributed by atoms with van der Waals surface area (Å²) in [6.45, 7) is 1.82. The highest BCUT2D eigenvalue weighted by molar-refractivity contribution is 7.15. The van der Waals surface area contributed by atoms with Crippen molar-refractivity contribution in [2.24, 2.45) is 5.41 Å². The molecule has 1 unspecified atom stereocenters. The molecule has 0 aromatic carbocycles. The molecule has 1 atom stereocenters. The predicted molar refractivity (Wildman–Crippen MR) is 95.7 cm³/mol. The standard InChI is InChI=1S/C18H20F2N4OS/c1-10-15(16(25)22-12-4-7-18(12)5-2-3-6-18)24-17(26-10)21-11-8-13(19)23-14(20)9-11/h8-9,12H,2-7H2,1H3,(H,22,25)(H,21,23,24). The van der Waals surface area contributed by atoms with Crippen LogP contribution in [0.4, 0.5) is 19.6 Å². The number of amides is 1. The van der Waals surface area contributed by atoms with Gasteiger partial charge >= 0.3 is 0 Å². The van der Waals surface area contributed by atoms with Crippen LogP contribution in [-0.2, 0) is 0 Å². The second-order valence-electron chi connectivity index (χ2n) is 7.18. The van der Waals surface area contributed by atoms with Crippen molar-refractivity contribution in [2.45, 2.75) is 51.5 Å². The van der Waals surface area contributed by atoms with E-state index in [1.807, 2.05) is 6.92 Å². The number of pyridine rings is 1. The molecule has 0 radical (unpaired) electrons. The van der Waals surface area contributed by atoms with Gasteiger partial charge in [0.15, 0.2) is 5.13 Å². The van der Waals surface area contributed by atoms with Gasteiger partial charge in [0.25, 0.3) is 5.91 Å². The van der Waals surface area contributed by atoms with Crippen molar-refractivity contribution >= 4 is 28.1 Å². The number of nitrogens with zero attached hydrogens (tertiary/aromatic N) is 2. The second kappa shape index (κ2) is 6.57. The number of halogens is 2. The van der Waals surface area contributed by atoms with Gasteiger partial charge in [-0.3, -0.25) is 4.79 Å². The van der Waals surface area contributed by atoms with Crippen LogP contribution in [0.2, 0.25) is 0 Å². The van der Waals surface area contributed by atoms with Gasteiger partial charge in [-0.1, -0.05) is 12.8 Å². The Kier molecular flexibility index (Phi) is 4.38. The van der Waals surface area contributed by atoms with Crippen molar-refractivity contribution in [3.8, 4) is 0 Å². The summed E-state index contributed by atoms with van der Waals surface area (Å²) in [5.74, 6) is -1.99. The minimum atomic E-state index is -0.911. The van der Waals surface area contributed by atoms with Crippen LogP contribution in [0.15, 0.2) is 12.1 Å². The molecule has 2 aromatic heterocycles. The largest absolute Gasteiger partial charge is 0.347 e. The van der Waals surface area contributed by atoms with E-state index in [4.69, 9.17) is 0 Å². The summed E-state index contributed by atoms with van der Waals surface area (Å²) >= 11 is 1.28. The van der Waals surface area contributed by atoms with E-state index in [1.54, 1.807) is 0 Å². The first-order chi connectivity index (χ1) is 12.4. The molecular weight excluding hydrogens is 358 g/mol. The fraction of sp³-hybridized carbons (Fsp3) is 0.500. The van der Waals surface area contributed by atoms with Gasteiger partial charge in [-0.2, -0.15) is 13.8 Å². The van der Waals surface area contributed by atoms with Gasteiger partial charge in [0.2, 0.25) is 11.9 Å². The molecule has 2 heterocycles. The highest BCUT2D eigenvalue weighted by atomic mass is 32.1. The quantitative estimate of drug-likeness (QED) is 0.778. The Morgan fingerprint density at radius 2 is 1.88 bits per heavy atom. The second-order valence-corrected chi connectivity index (χ2v) is 8.39. The van der Waals surface area contributed by atoms with E-state index in [0.717, 1.165) is 23.4 Å². The van der Waals surface area contributed by atoms with Crippen LogP contribution in [0.25, 0.3) is 0 Å². The van der Waals surface area contributed by atoms with Crippen LogP contribution in [0.1, 0.15) is 53.9 Å². The van der Waals surface area contributed by atoms with E-state index in [-0.39, 0.29) is 17.6 Å². The van der Waals surface area contributed by atoms with Crippen LogP contribution in [0.3, 0.4) is 0 Å². The molecule has 2 saturated carbocycles. The molecule has 2 aromatic rings. The molecule has 0 saturated heterocycles. The Balaban J connectivity index is 1.46. The number of carbonyl (C=O) groups is 1. The van der Waals surface area contributed by atoms with E-state index in [1.165, 1.54) is 43.4 Å². The van der Waals surface area contributed by atoms with Crippen molar-refractivity contribution in [3.05, 3.63) is 34.6 Å². The summed E-state index contributed by atoms with van der Waals surface area (Å²) in [6.07, 6.45) is 7.10. The zero-order chi connectivity index (χ0) is 18.3. The number of rotatable bonds is 4. The molecular formula is C18H20F2N4OS. The molecule has 1 amide bonds. The van der Waals surface area contributed by atoms with Crippen molar-refractivity contribution < 1.29 is 13.6 Å². The van der Waals surface area contributed by atoms with E-state index in [2.05, 4.69) is 20.6 Å². The number of carbonyl (C=O) groups excluding carboxylic acids is 1. The van der Waals surface area contributed by atoms with Gasteiger partial charge in [0, 0.05) is 28.7 Å². The third kappa shape index (κ3) is 3.18. The Morgan fingerprint density at radius 1 is 1.19 bits per heavy atom. The van der Waals surface area contributed by atoms with Crippen molar-refractivity contribution in [1.29, 1.82) is 0 Å². The fourth-order valence-corrected chi connectivity index (χ4v) is 4.98. The summed E-state index contributed by atoms with van der Waals surface area (Å²) in [6, 6.07) is 2.40. The van der Waals surface area contributed by atoms with Crippen LogP contribution >= 0.6 is 11.3 Å². The number of hydrogen-bond donors (Lipinski definition) is 2. The first-order valence-corrected chi connectivity index (χ1v) is 9.65. The molecule has 2 fully saturated rings. The molecule has 2 aliphatic rings. The Morgan fingerprint density at radius 3 is 2.50 bits per heavy atom. The van der Waals surface area contributed by atoms with Crippen LogP contribution < -0.4 is 10.6 Å². The van der Waals surface area contributed by atoms with Crippen molar-refractivity contribution in [2.75, 3.05) is 5.32 Å². The number of anilines is 2. The Bertz CT molecular complexity index is 827. The smallest absolute Gasteiger partial charge is 0.271 e. The molecule has 4 rings (SSSR count). The number of thiazole rings is 1. The SMILES string of the molecule is Cc1sc(Nc2cc(F)nc(F)c2)nc1C(=O)NC1CCC12CCCC2. The van der Waals surface area contributed by atoms with Gasteiger partial charge in [-0.05, 0) is 38.0 Å². The van der Waals surface area contributed by atoms with Gasteiger partial charge < -0.3 is 10.6 Å². The lowest BCUT2D eigenvalue weighted by atomic mass is 9.63. The molecule has 26 heavy (non-hydrogen) atoms. The maximum absolute atomic E-state index is 13.2. The zero-order valence-corrected chi connectivity index (χ0v) is 15.3. The molecule has 2 N–H and O–H groups in total. The van der Waals surface area contributed by atoms with Crippen LogP contribution in [-0.4, -0.2) is 21.9 Å². The van der Waals surface area contributed by atoms with E-state index in [9.17, 15) is 13.6 Å². The van der Waals surface area contributed by atoms with E-state index >= 15 is 0 Å². The third-order valence-corrected chi connectivity index (χ3v) is 6.49. The maximum Gasteiger partial charge on any atom is 0.271 e. The summed E-state index contributed by atoms with van der Waals surface area (Å²) in [4.78, 5) is 20.8. The number of aromatic nitrogens is 2. The van der Waals surface area contributed by atoms with Gasteiger partial charge in [-0.15, -0.1) is 11.3 Å². The fourth-order valence-electron chi connectivity index (χ4n) is 4.15. The summed E-state index contributed by atoms with van der Waals surface area (Å²) < 4.78 is 26.4. The Labute approximate surface area is 154 Å². The molecule has 1 spiro atoms. The molecule has 2 aliphatic carbocycles. The van der Waals surface area contributed by atoms with Crippen molar-refractivity contribution in [3.63, 3.8) is 0 Å². The normalized spacial score (nSPS) is 20.8. The molecule has 0 bridgehead atoms. The highest BCUT2D eigenvalue weighted by Crippen LogP contribution is 2.53. The van der Waals surface area contributed by atoms with Crippen molar-refractivity contribution in [1.82, 2.24) is 15.3 Å². The zero-order valence-electron chi connectivity index (χ0n) is 14.4. The topological polar surface area (TPSA) is 66.9 Å². The molecule has 5 nitrogen and oxygen atoms in total. The monoisotopic (exact) mass is 378 g/mol. The van der Waals surface area contributed by atoms with E-state index < -0.39 is 11.9 Å². The number of aryl methyl sites for hydroxylation is 1. The lowest BCUT2D eigenvalue weighted by Gasteiger charge is -2.47. The average Bonchev–Trinajstić information content (AvgIpc) is 3.19. The predicted octanol–water partition coefficient (Wildman–Crippen LogP) is 4.32. The lowest BCUT2D eigenvalue weighted by Crippen LogP contribution is -2.54. The average molecular weight is 378 g/mol. The number of hydrogen-bond acceptors (Lipinski definition) is 5. The molecule has 0 aliphatic heterocycles. The lowest BCUT2D eigenvalue weighted by molar-refractivity contribution is 0.0579. The third-order valence-electron chi connectivity index (χ3n) is 5.60. The summed E-state index contributed by atoms with van der Waals surface area (Å²) in [7, 11) is 0. The minimum absolute atomic E-state index is 0.171. The maximum atomic E-state index is 13.2. The first-order valence-electron chi connectivity index (χ1n) is 8.84. The summed E-state index contributed by atoms with van der Waals surface area (Å²) in [5.41, 5.74) is 0.874. The van der Waals surface area contributed by atoms with Crippen LogP contribution in [0, 0.1) is 24.2 Å². The highest BCUT2D eigenvalue weighted by Gasteiger charge is 2.48. The Hall–Kier alpha value is -2.09. The summed E-state index contributed by atoms with van der Waals surface area (Å²) in [5, 5.41) is 6.41. The van der Waals surface area contributed by atoms with Gasteiger partial charge in [-0.25, -0.2) is 4.98 Å². The van der Waals surface area contributed by atoms with Crippen LogP contribution in [0.5, 0.6) is 0 Å².